The zero-order chi connectivity index (χ0) is 17.4. The summed E-state index contributed by atoms with van der Waals surface area (Å²) in [6.07, 6.45) is -0.628. The second-order valence-corrected chi connectivity index (χ2v) is 6.73. The minimum absolute atomic E-state index is 0.189. The van der Waals surface area contributed by atoms with Gasteiger partial charge >= 0.3 is 0 Å². The van der Waals surface area contributed by atoms with Gasteiger partial charge in [0.1, 0.15) is 11.6 Å². The number of benzene rings is 2. The molecule has 0 unspecified atom stereocenters. The highest BCUT2D eigenvalue weighted by Gasteiger charge is 2.13. The normalized spacial score (nSPS) is 11.8. The zero-order valence-electron chi connectivity index (χ0n) is 13.3. The van der Waals surface area contributed by atoms with Gasteiger partial charge in [-0.15, -0.1) is 0 Å². The maximum Gasteiger partial charge on any atom is 0.260 e. The van der Waals surface area contributed by atoms with Gasteiger partial charge in [-0.2, -0.15) is 11.8 Å². The Balaban J connectivity index is 1.63. The van der Waals surface area contributed by atoms with Crippen molar-refractivity contribution in [3.05, 3.63) is 64.9 Å². The number of hydrogen-bond donors (Lipinski definition) is 1. The van der Waals surface area contributed by atoms with Crippen LogP contribution >= 0.6 is 23.4 Å². The van der Waals surface area contributed by atoms with Gasteiger partial charge < -0.3 is 10.1 Å². The van der Waals surface area contributed by atoms with Gasteiger partial charge in [-0.05, 0) is 48.9 Å². The van der Waals surface area contributed by atoms with Crippen molar-refractivity contribution in [1.29, 1.82) is 0 Å². The Hall–Kier alpha value is -1.72. The maximum atomic E-state index is 12.8. The van der Waals surface area contributed by atoms with Crippen molar-refractivity contribution in [2.24, 2.45) is 0 Å². The molecule has 0 aliphatic heterocycles. The van der Waals surface area contributed by atoms with Crippen LogP contribution in [0.3, 0.4) is 0 Å². The SMILES string of the molecule is C[C@H](Oc1ccc(F)cc1)C(=O)NCCSCc1ccc(Cl)cc1. The van der Waals surface area contributed by atoms with E-state index in [-0.39, 0.29) is 11.7 Å². The summed E-state index contributed by atoms with van der Waals surface area (Å²) in [5.41, 5.74) is 1.20. The number of nitrogens with one attached hydrogen (secondary N) is 1. The van der Waals surface area contributed by atoms with Crippen LogP contribution in [0.15, 0.2) is 48.5 Å². The fraction of sp³-hybridized carbons (Fsp3) is 0.278. The number of hydrogen-bond acceptors (Lipinski definition) is 3. The van der Waals surface area contributed by atoms with Crippen LogP contribution in [0.25, 0.3) is 0 Å². The summed E-state index contributed by atoms with van der Waals surface area (Å²) in [4.78, 5) is 12.0. The average Bonchev–Trinajstić information content (AvgIpc) is 2.58. The predicted octanol–water partition coefficient (Wildman–Crippen LogP) is 4.30. The largest absolute Gasteiger partial charge is 0.481 e. The maximum absolute atomic E-state index is 12.8. The Kier molecular flexibility index (Phi) is 7.40. The van der Waals surface area contributed by atoms with Gasteiger partial charge in [0.25, 0.3) is 5.91 Å². The standard InChI is InChI=1S/C18H19ClFNO2S/c1-13(23-17-8-6-16(20)7-9-17)18(22)21-10-11-24-12-14-2-4-15(19)5-3-14/h2-9,13H,10-12H2,1H3,(H,21,22)/t13-/m0/s1. The molecule has 0 fully saturated rings. The van der Waals surface area contributed by atoms with Crippen LogP contribution in [-0.2, 0) is 10.5 Å². The third-order valence-corrected chi connectivity index (χ3v) is 4.51. The predicted molar refractivity (Wildman–Crippen MR) is 97.1 cm³/mol. The smallest absolute Gasteiger partial charge is 0.260 e. The van der Waals surface area contributed by atoms with Gasteiger partial charge in [0.15, 0.2) is 6.10 Å². The lowest BCUT2D eigenvalue weighted by molar-refractivity contribution is -0.127. The van der Waals surface area contributed by atoms with Crippen LogP contribution < -0.4 is 10.1 Å². The molecule has 2 aromatic carbocycles. The molecule has 1 atom stereocenters. The Morgan fingerprint density at radius 2 is 1.88 bits per heavy atom. The molecule has 2 rings (SSSR count). The van der Waals surface area contributed by atoms with Crippen molar-refractivity contribution < 1.29 is 13.9 Å². The molecule has 6 heteroatoms. The van der Waals surface area contributed by atoms with Gasteiger partial charge in [-0.1, -0.05) is 23.7 Å². The van der Waals surface area contributed by atoms with Crippen LogP contribution in [0, 0.1) is 5.82 Å². The Morgan fingerprint density at radius 1 is 1.21 bits per heavy atom. The second kappa shape index (κ2) is 9.55. The Labute approximate surface area is 150 Å². The van der Waals surface area contributed by atoms with Crippen LogP contribution in [0.1, 0.15) is 12.5 Å². The molecule has 0 radical (unpaired) electrons. The summed E-state index contributed by atoms with van der Waals surface area (Å²) in [6, 6.07) is 13.3. The summed E-state index contributed by atoms with van der Waals surface area (Å²) < 4.78 is 18.3. The molecule has 2 aromatic rings. The molecule has 0 aliphatic rings. The van der Waals surface area contributed by atoms with Crippen molar-refractivity contribution in [3.8, 4) is 5.75 Å². The molecule has 0 bridgehead atoms. The molecule has 0 aromatic heterocycles. The molecule has 3 nitrogen and oxygen atoms in total. The first-order valence-corrected chi connectivity index (χ1v) is 9.10. The number of carbonyl (C=O) groups is 1. The van der Waals surface area contributed by atoms with E-state index in [9.17, 15) is 9.18 Å². The molecule has 128 valence electrons. The first kappa shape index (κ1) is 18.6. The lowest BCUT2D eigenvalue weighted by Gasteiger charge is -2.14. The summed E-state index contributed by atoms with van der Waals surface area (Å²) >= 11 is 7.57. The van der Waals surface area contributed by atoms with Crippen molar-refractivity contribution in [2.45, 2.75) is 18.8 Å². The fourth-order valence-corrected chi connectivity index (χ4v) is 2.88. The highest BCUT2D eigenvalue weighted by atomic mass is 35.5. The van der Waals surface area contributed by atoms with E-state index in [2.05, 4.69) is 5.32 Å². The highest BCUT2D eigenvalue weighted by Crippen LogP contribution is 2.15. The summed E-state index contributed by atoms with van der Waals surface area (Å²) in [7, 11) is 0. The van der Waals surface area contributed by atoms with E-state index in [4.69, 9.17) is 16.3 Å². The van der Waals surface area contributed by atoms with Gasteiger partial charge in [0, 0.05) is 23.1 Å². The van der Waals surface area contributed by atoms with E-state index in [1.807, 2.05) is 24.3 Å². The summed E-state index contributed by atoms with van der Waals surface area (Å²) in [6.45, 7) is 2.23. The van der Waals surface area contributed by atoms with E-state index in [1.54, 1.807) is 18.7 Å². The van der Waals surface area contributed by atoms with E-state index in [1.165, 1.54) is 29.8 Å². The van der Waals surface area contributed by atoms with Crippen molar-refractivity contribution >= 4 is 29.3 Å². The molecule has 24 heavy (non-hydrogen) atoms. The lowest BCUT2D eigenvalue weighted by Crippen LogP contribution is -2.37. The fourth-order valence-electron chi connectivity index (χ4n) is 1.93. The number of amides is 1. The first-order chi connectivity index (χ1) is 11.5. The topological polar surface area (TPSA) is 38.3 Å². The molecule has 0 spiro atoms. The van der Waals surface area contributed by atoms with Crippen molar-refractivity contribution in [2.75, 3.05) is 12.3 Å². The van der Waals surface area contributed by atoms with Gasteiger partial charge in [-0.25, -0.2) is 4.39 Å². The van der Waals surface area contributed by atoms with Crippen LogP contribution in [-0.4, -0.2) is 24.3 Å². The molecular formula is C18H19ClFNO2S. The van der Waals surface area contributed by atoms with Gasteiger partial charge in [-0.3, -0.25) is 4.79 Å². The number of ether oxygens (including phenoxy) is 1. The zero-order valence-corrected chi connectivity index (χ0v) is 14.9. The molecule has 1 amide bonds. The number of rotatable bonds is 8. The Bertz CT molecular complexity index is 649. The molecule has 0 saturated heterocycles. The summed E-state index contributed by atoms with van der Waals surface area (Å²) in [5.74, 6) is 1.62. The lowest BCUT2D eigenvalue weighted by atomic mass is 10.2. The molecule has 1 N–H and O–H groups in total. The Morgan fingerprint density at radius 3 is 2.54 bits per heavy atom. The molecular weight excluding hydrogens is 349 g/mol. The van der Waals surface area contributed by atoms with Crippen molar-refractivity contribution in [1.82, 2.24) is 5.32 Å². The van der Waals surface area contributed by atoms with E-state index >= 15 is 0 Å². The third kappa shape index (κ3) is 6.42. The quantitative estimate of drug-likeness (QED) is 0.707. The summed E-state index contributed by atoms with van der Waals surface area (Å²) in [5, 5.41) is 3.56. The minimum Gasteiger partial charge on any atom is -0.481 e. The monoisotopic (exact) mass is 367 g/mol. The van der Waals surface area contributed by atoms with Gasteiger partial charge in [0.2, 0.25) is 0 Å². The minimum atomic E-state index is -0.628. The molecule has 0 saturated carbocycles. The van der Waals surface area contributed by atoms with Crippen molar-refractivity contribution in [3.63, 3.8) is 0 Å². The average molecular weight is 368 g/mol. The molecule has 0 aliphatic carbocycles. The number of halogens is 2. The molecule has 0 heterocycles. The van der Waals surface area contributed by atoms with Crippen LogP contribution in [0.4, 0.5) is 4.39 Å². The second-order valence-electron chi connectivity index (χ2n) is 5.18. The van der Waals surface area contributed by atoms with E-state index in [0.29, 0.717) is 12.3 Å². The number of thioether (sulfide) groups is 1. The third-order valence-electron chi connectivity index (χ3n) is 3.22. The number of carbonyl (C=O) groups excluding carboxylic acids is 1. The van der Waals surface area contributed by atoms with Crippen LogP contribution in [0.5, 0.6) is 5.75 Å². The van der Waals surface area contributed by atoms with E-state index < -0.39 is 6.10 Å². The highest BCUT2D eigenvalue weighted by molar-refractivity contribution is 7.98. The van der Waals surface area contributed by atoms with Crippen LogP contribution in [0.2, 0.25) is 5.02 Å². The first-order valence-electron chi connectivity index (χ1n) is 7.57. The van der Waals surface area contributed by atoms with Gasteiger partial charge in [0.05, 0.1) is 0 Å². The van der Waals surface area contributed by atoms with E-state index in [0.717, 1.165) is 16.5 Å².